The van der Waals surface area contributed by atoms with Crippen LogP contribution >= 0.6 is 11.6 Å². The third-order valence-corrected chi connectivity index (χ3v) is 6.08. The minimum absolute atomic E-state index is 0.0695. The highest BCUT2D eigenvalue weighted by Gasteiger charge is 2.28. The van der Waals surface area contributed by atoms with Gasteiger partial charge in [0.2, 0.25) is 0 Å². The van der Waals surface area contributed by atoms with E-state index in [-0.39, 0.29) is 17.6 Å². The van der Waals surface area contributed by atoms with Crippen molar-refractivity contribution in [3.8, 4) is 0 Å². The highest BCUT2D eigenvalue weighted by atomic mass is 35.5. The Bertz CT molecular complexity index is 1070. The summed E-state index contributed by atoms with van der Waals surface area (Å²) in [5, 5.41) is 4.18. The Balaban J connectivity index is 1.52. The minimum atomic E-state index is -0.551. The zero-order valence-electron chi connectivity index (χ0n) is 17.9. The number of nitrogens with zero attached hydrogens (tertiary/aromatic N) is 4. The molecule has 1 aliphatic rings. The Labute approximate surface area is 191 Å². The SMILES string of the molecule is COC(=O)Cn1ncc(N2CCN(C(c3ccccc3)c3ccccc3)CC2)c(Cl)c1=O. The second kappa shape index (κ2) is 9.97. The topological polar surface area (TPSA) is 67.7 Å². The second-order valence-electron chi connectivity index (χ2n) is 7.63. The minimum Gasteiger partial charge on any atom is -0.468 e. The average Bonchev–Trinajstić information content (AvgIpc) is 2.84. The van der Waals surface area contributed by atoms with Crippen LogP contribution in [0.1, 0.15) is 17.2 Å². The molecular weight excluding hydrogens is 428 g/mol. The van der Waals surface area contributed by atoms with Crippen LogP contribution in [0.15, 0.2) is 71.7 Å². The van der Waals surface area contributed by atoms with E-state index in [0.717, 1.165) is 17.8 Å². The monoisotopic (exact) mass is 452 g/mol. The maximum Gasteiger partial charge on any atom is 0.327 e. The molecule has 0 amide bonds. The van der Waals surface area contributed by atoms with Crippen molar-refractivity contribution in [3.63, 3.8) is 0 Å². The summed E-state index contributed by atoms with van der Waals surface area (Å²) in [6.07, 6.45) is 1.55. The molecule has 0 atom stereocenters. The van der Waals surface area contributed by atoms with Crippen LogP contribution < -0.4 is 10.5 Å². The van der Waals surface area contributed by atoms with Crippen molar-refractivity contribution in [2.24, 2.45) is 0 Å². The van der Waals surface area contributed by atoms with Gasteiger partial charge >= 0.3 is 5.97 Å². The van der Waals surface area contributed by atoms with Gasteiger partial charge < -0.3 is 9.64 Å². The Hall–Kier alpha value is -3.16. The Morgan fingerprint density at radius 2 is 1.56 bits per heavy atom. The van der Waals surface area contributed by atoms with Gasteiger partial charge in [0, 0.05) is 26.2 Å². The number of esters is 1. The van der Waals surface area contributed by atoms with E-state index in [1.807, 2.05) is 12.1 Å². The number of anilines is 1. The summed E-state index contributed by atoms with van der Waals surface area (Å²) in [5.41, 5.74) is 2.59. The molecule has 2 aromatic carbocycles. The van der Waals surface area contributed by atoms with Gasteiger partial charge in [-0.2, -0.15) is 5.10 Å². The normalized spacial score (nSPS) is 14.5. The van der Waals surface area contributed by atoms with Crippen LogP contribution in [-0.4, -0.2) is 53.9 Å². The number of halogens is 1. The van der Waals surface area contributed by atoms with Crippen LogP contribution in [0.5, 0.6) is 0 Å². The lowest BCUT2D eigenvalue weighted by molar-refractivity contribution is -0.141. The molecule has 3 aromatic rings. The molecule has 0 N–H and O–H groups in total. The molecule has 2 heterocycles. The van der Waals surface area contributed by atoms with Crippen molar-refractivity contribution >= 4 is 23.3 Å². The lowest BCUT2D eigenvalue weighted by atomic mass is 9.96. The lowest BCUT2D eigenvalue weighted by Crippen LogP contribution is -2.48. The molecule has 0 spiro atoms. The summed E-state index contributed by atoms with van der Waals surface area (Å²) in [6.45, 7) is 2.75. The fourth-order valence-electron chi connectivity index (χ4n) is 4.08. The van der Waals surface area contributed by atoms with Crippen molar-refractivity contribution in [3.05, 3.63) is 93.4 Å². The Morgan fingerprint density at radius 1 is 1.00 bits per heavy atom. The largest absolute Gasteiger partial charge is 0.468 e. The number of hydrogen-bond acceptors (Lipinski definition) is 6. The molecule has 1 aromatic heterocycles. The quantitative estimate of drug-likeness (QED) is 0.536. The van der Waals surface area contributed by atoms with E-state index in [1.165, 1.54) is 18.2 Å². The van der Waals surface area contributed by atoms with Crippen LogP contribution in [0.25, 0.3) is 0 Å². The fourth-order valence-corrected chi connectivity index (χ4v) is 4.35. The highest BCUT2D eigenvalue weighted by Crippen LogP contribution is 2.31. The molecule has 0 bridgehead atoms. The molecule has 0 aliphatic carbocycles. The third-order valence-electron chi connectivity index (χ3n) is 5.72. The average molecular weight is 453 g/mol. The van der Waals surface area contributed by atoms with Gasteiger partial charge in [-0.05, 0) is 11.1 Å². The van der Waals surface area contributed by atoms with Gasteiger partial charge in [0.25, 0.3) is 5.56 Å². The zero-order chi connectivity index (χ0) is 22.5. The summed E-state index contributed by atoms with van der Waals surface area (Å²) in [6, 6.07) is 21.1. The maximum absolute atomic E-state index is 12.5. The van der Waals surface area contributed by atoms with Gasteiger partial charge in [-0.3, -0.25) is 14.5 Å². The molecule has 7 nitrogen and oxygen atoms in total. The molecule has 166 valence electrons. The number of carbonyl (C=O) groups is 1. The standard InChI is InChI=1S/C24H25ClN4O3/c1-32-21(30)17-29-24(31)22(25)20(16-26-29)27-12-14-28(15-13-27)23(18-8-4-2-5-9-18)19-10-6-3-7-11-19/h2-11,16,23H,12-15,17H2,1H3. The van der Waals surface area contributed by atoms with E-state index in [4.69, 9.17) is 11.6 Å². The first-order valence-electron chi connectivity index (χ1n) is 10.5. The lowest BCUT2D eigenvalue weighted by Gasteiger charge is -2.40. The van der Waals surface area contributed by atoms with Crippen LogP contribution in [-0.2, 0) is 16.1 Å². The summed E-state index contributed by atoms with van der Waals surface area (Å²) in [7, 11) is 1.26. The first-order chi connectivity index (χ1) is 15.6. The summed E-state index contributed by atoms with van der Waals surface area (Å²) >= 11 is 6.37. The van der Waals surface area contributed by atoms with Gasteiger partial charge in [0.1, 0.15) is 11.6 Å². The number of piperazine rings is 1. The number of benzene rings is 2. The third kappa shape index (κ3) is 4.69. The van der Waals surface area contributed by atoms with E-state index < -0.39 is 11.5 Å². The second-order valence-corrected chi connectivity index (χ2v) is 8.01. The van der Waals surface area contributed by atoms with Gasteiger partial charge in [0.15, 0.2) is 0 Å². The smallest absolute Gasteiger partial charge is 0.327 e. The van der Waals surface area contributed by atoms with E-state index >= 15 is 0 Å². The highest BCUT2D eigenvalue weighted by molar-refractivity contribution is 6.33. The molecule has 32 heavy (non-hydrogen) atoms. The molecule has 4 rings (SSSR count). The van der Waals surface area contributed by atoms with Crippen LogP contribution in [0, 0.1) is 0 Å². The molecule has 0 saturated carbocycles. The molecule has 0 unspecified atom stereocenters. The number of aromatic nitrogens is 2. The first-order valence-corrected chi connectivity index (χ1v) is 10.9. The number of ether oxygens (including phenoxy) is 1. The van der Waals surface area contributed by atoms with Crippen LogP contribution in [0.3, 0.4) is 0 Å². The molecule has 1 fully saturated rings. The molecule has 0 radical (unpaired) electrons. The van der Waals surface area contributed by atoms with Crippen molar-refractivity contribution in [1.82, 2.24) is 14.7 Å². The van der Waals surface area contributed by atoms with E-state index in [2.05, 4.69) is 68.2 Å². The Kier molecular flexibility index (Phi) is 6.87. The molecule has 1 aliphatic heterocycles. The maximum atomic E-state index is 12.5. The number of carbonyl (C=O) groups excluding carboxylic acids is 1. The van der Waals surface area contributed by atoms with Crippen molar-refractivity contribution in [2.45, 2.75) is 12.6 Å². The van der Waals surface area contributed by atoms with Gasteiger partial charge in [-0.15, -0.1) is 0 Å². The first kappa shape index (κ1) is 22.0. The van der Waals surface area contributed by atoms with Gasteiger partial charge in [-0.25, -0.2) is 4.68 Å². The number of methoxy groups -OCH3 is 1. The van der Waals surface area contributed by atoms with Gasteiger partial charge in [0.05, 0.1) is 25.0 Å². The van der Waals surface area contributed by atoms with Gasteiger partial charge in [-0.1, -0.05) is 72.3 Å². The predicted octanol–water partition coefficient (Wildman–Crippen LogP) is 2.98. The van der Waals surface area contributed by atoms with Crippen LogP contribution in [0.2, 0.25) is 5.02 Å². The summed E-state index contributed by atoms with van der Waals surface area (Å²) in [4.78, 5) is 28.6. The summed E-state index contributed by atoms with van der Waals surface area (Å²) < 4.78 is 5.63. The zero-order valence-corrected chi connectivity index (χ0v) is 18.6. The summed E-state index contributed by atoms with van der Waals surface area (Å²) in [5.74, 6) is -0.551. The van der Waals surface area contributed by atoms with E-state index in [0.29, 0.717) is 18.8 Å². The molecule has 8 heteroatoms. The predicted molar refractivity (Wildman–Crippen MR) is 124 cm³/mol. The van der Waals surface area contributed by atoms with E-state index in [1.54, 1.807) is 6.20 Å². The van der Waals surface area contributed by atoms with Crippen molar-refractivity contribution in [2.75, 3.05) is 38.2 Å². The van der Waals surface area contributed by atoms with E-state index in [9.17, 15) is 9.59 Å². The Morgan fingerprint density at radius 3 is 2.09 bits per heavy atom. The molecular formula is C24H25ClN4O3. The fraction of sp³-hybridized carbons (Fsp3) is 0.292. The van der Waals surface area contributed by atoms with Crippen molar-refractivity contribution in [1.29, 1.82) is 0 Å². The number of rotatable bonds is 6. The molecule has 1 saturated heterocycles. The van der Waals surface area contributed by atoms with Crippen LogP contribution in [0.4, 0.5) is 5.69 Å². The number of hydrogen-bond donors (Lipinski definition) is 0. The van der Waals surface area contributed by atoms with Crippen molar-refractivity contribution < 1.29 is 9.53 Å².